The highest BCUT2D eigenvalue weighted by molar-refractivity contribution is 7.92. The third kappa shape index (κ3) is 6.90. The zero-order valence-electron chi connectivity index (χ0n) is 19.5. The monoisotopic (exact) mass is 514 g/mol. The summed E-state index contributed by atoms with van der Waals surface area (Å²) in [5, 5.41) is 0. The molecule has 12 heteroatoms. The molecule has 0 aromatic heterocycles. The molecule has 2 heterocycles. The van der Waals surface area contributed by atoms with Gasteiger partial charge in [-0.3, -0.25) is 9.69 Å². The number of ether oxygens (including phenoxy) is 2. The molecule has 2 fully saturated rings. The van der Waals surface area contributed by atoms with Crippen molar-refractivity contribution >= 4 is 27.5 Å². The Morgan fingerprint density at radius 3 is 2.63 bits per heavy atom. The smallest absolute Gasteiger partial charge is 0.414 e. The van der Waals surface area contributed by atoms with E-state index < -0.39 is 51.8 Å². The Kier molecular flexibility index (Phi) is 8.69. The SMILES string of the molecule is C[C@@](CC1CN(c2ccc(C#CCC(F)F)cc2)C(=O)O1)(C(=O)NOC1CCCCO1)S(C)(=O)=O. The number of halogens is 2. The number of hydrogen-bond acceptors (Lipinski definition) is 7. The Morgan fingerprint density at radius 2 is 2.03 bits per heavy atom. The number of alkyl halides is 2. The van der Waals surface area contributed by atoms with Gasteiger partial charge in [0.05, 0.1) is 13.0 Å². The van der Waals surface area contributed by atoms with E-state index in [2.05, 4.69) is 17.3 Å². The first-order chi connectivity index (χ1) is 16.5. The molecule has 1 aromatic carbocycles. The van der Waals surface area contributed by atoms with Crippen LogP contribution in [0.3, 0.4) is 0 Å². The summed E-state index contributed by atoms with van der Waals surface area (Å²) in [6.07, 6.45) is -2.32. The predicted octanol–water partition coefficient (Wildman–Crippen LogP) is 2.79. The molecule has 2 aliphatic heterocycles. The van der Waals surface area contributed by atoms with Crippen molar-refractivity contribution in [1.29, 1.82) is 0 Å². The second kappa shape index (κ2) is 11.3. The quantitative estimate of drug-likeness (QED) is 0.420. The van der Waals surface area contributed by atoms with Gasteiger partial charge < -0.3 is 9.47 Å². The van der Waals surface area contributed by atoms with Gasteiger partial charge in [0.15, 0.2) is 20.9 Å². The lowest BCUT2D eigenvalue weighted by Gasteiger charge is -2.29. The van der Waals surface area contributed by atoms with E-state index in [1.807, 2.05) is 0 Å². The van der Waals surface area contributed by atoms with Crippen LogP contribution >= 0.6 is 0 Å². The number of hydroxylamine groups is 1. The number of nitrogens with zero attached hydrogens (tertiary/aromatic N) is 1. The maximum absolute atomic E-state index is 12.9. The third-order valence-electron chi connectivity index (χ3n) is 5.88. The molecule has 9 nitrogen and oxygen atoms in total. The first-order valence-corrected chi connectivity index (χ1v) is 13.0. The Morgan fingerprint density at radius 1 is 1.31 bits per heavy atom. The van der Waals surface area contributed by atoms with Crippen LogP contribution in [0.25, 0.3) is 0 Å². The van der Waals surface area contributed by atoms with Crippen LogP contribution < -0.4 is 10.4 Å². The fourth-order valence-electron chi connectivity index (χ4n) is 3.67. The molecular formula is C23H28F2N2O7S. The number of rotatable bonds is 8. The highest BCUT2D eigenvalue weighted by Crippen LogP contribution is 2.30. The molecule has 2 unspecified atom stereocenters. The van der Waals surface area contributed by atoms with Gasteiger partial charge >= 0.3 is 6.09 Å². The molecule has 3 rings (SSSR count). The van der Waals surface area contributed by atoms with Gasteiger partial charge in [0, 0.05) is 37.0 Å². The number of carbonyl (C=O) groups is 2. The molecule has 0 radical (unpaired) electrons. The van der Waals surface area contributed by atoms with Gasteiger partial charge in [-0.25, -0.2) is 32.3 Å². The van der Waals surface area contributed by atoms with Gasteiger partial charge in [-0.15, -0.1) is 0 Å². The summed E-state index contributed by atoms with van der Waals surface area (Å²) in [5.74, 6) is 4.10. The Hall–Kier alpha value is -2.75. The molecule has 1 aromatic rings. The Bertz CT molecular complexity index is 1080. The number of sulfone groups is 1. The van der Waals surface area contributed by atoms with E-state index in [9.17, 15) is 26.8 Å². The minimum absolute atomic E-state index is 0.0141. The molecule has 0 bridgehead atoms. The summed E-state index contributed by atoms with van der Waals surface area (Å²) < 4.78 is 58.4. The average molecular weight is 515 g/mol. The van der Waals surface area contributed by atoms with E-state index in [1.165, 1.54) is 11.8 Å². The molecule has 2 saturated heterocycles. The van der Waals surface area contributed by atoms with Gasteiger partial charge in [0.2, 0.25) is 6.43 Å². The van der Waals surface area contributed by atoms with E-state index in [-0.39, 0.29) is 13.0 Å². The van der Waals surface area contributed by atoms with Gasteiger partial charge in [-0.1, -0.05) is 11.8 Å². The van der Waals surface area contributed by atoms with Crippen LogP contribution in [-0.2, 0) is 28.9 Å². The summed E-state index contributed by atoms with van der Waals surface area (Å²) in [4.78, 5) is 31.9. The number of amides is 2. The number of carbonyl (C=O) groups excluding carboxylic acids is 2. The summed E-state index contributed by atoms with van der Waals surface area (Å²) >= 11 is 0. The van der Waals surface area contributed by atoms with E-state index in [0.717, 1.165) is 19.1 Å². The lowest BCUT2D eigenvalue weighted by atomic mass is 10.0. The summed E-state index contributed by atoms with van der Waals surface area (Å²) in [5.41, 5.74) is 3.16. The maximum Gasteiger partial charge on any atom is 0.414 e. The van der Waals surface area contributed by atoms with Crippen LogP contribution in [0.15, 0.2) is 24.3 Å². The molecule has 192 valence electrons. The van der Waals surface area contributed by atoms with E-state index >= 15 is 0 Å². The largest absolute Gasteiger partial charge is 0.444 e. The lowest BCUT2D eigenvalue weighted by molar-refractivity contribution is -0.201. The van der Waals surface area contributed by atoms with Crippen molar-refractivity contribution in [1.82, 2.24) is 5.48 Å². The van der Waals surface area contributed by atoms with Crippen molar-refractivity contribution in [2.45, 2.75) is 62.6 Å². The minimum Gasteiger partial charge on any atom is -0.444 e. The molecule has 0 spiro atoms. The predicted molar refractivity (Wildman–Crippen MR) is 122 cm³/mol. The van der Waals surface area contributed by atoms with Crippen molar-refractivity contribution in [3.05, 3.63) is 29.8 Å². The molecule has 3 atom stereocenters. The van der Waals surface area contributed by atoms with Crippen LogP contribution in [-0.4, -0.2) is 63.4 Å². The third-order valence-corrected chi connectivity index (χ3v) is 7.87. The average Bonchev–Trinajstić information content (AvgIpc) is 3.17. The highest BCUT2D eigenvalue weighted by Gasteiger charge is 2.48. The molecule has 0 saturated carbocycles. The van der Waals surface area contributed by atoms with Crippen molar-refractivity contribution in [3.63, 3.8) is 0 Å². The summed E-state index contributed by atoms with van der Waals surface area (Å²) in [6, 6.07) is 6.31. The van der Waals surface area contributed by atoms with E-state index in [0.29, 0.717) is 24.3 Å². The topological polar surface area (TPSA) is 111 Å². The van der Waals surface area contributed by atoms with Crippen LogP contribution in [0.1, 0.15) is 44.6 Å². The number of anilines is 1. The van der Waals surface area contributed by atoms with Crippen LogP contribution in [0.5, 0.6) is 0 Å². The zero-order chi connectivity index (χ0) is 25.6. The molecule has 2 amide bonds. The Labute approximate surface area is 203 Å². The van der Waals surface area contributed by atoms with Crippen LogP contribution in [0, 0.1) is 11.8 Å². The van der Waals surface area contributed by atoms with Gasteiger partial charge in [-0.05, 0) is 44.0 Å². The number of benzene rings is 1. The number of nitrogens with one attached hydrogen (secondary N) is 1. The van der Waals surface area contributed by atoms with Crippen molar-refractivity contribution in [2.24, 2.45) is 0 Å². The van der Waals surface area contributed by atoms with Crippen molar-refractivity contribution < 1.29 is 41.1 Å². The van der Waals surface area contributed by atoms with Gasteiger partial charge in [-0.2, -0.15) is 0 Å². The van der Waals surface area contributed by atoms with Crippen molar-refractivity contribution in [3.8, 4) is 11.8 Å². The van der Waals surface area contributed by atoms with Crippen LogP contribution in [0.4, 0.5) is 19.3 Å². The Balaban J connectivity index is 1.65. The standard InChI is InChI=1S/C23H28F2N2O7S/c1-23(35(2,30)31,21(28)26-34-20-8-3-4-13-32-20)14-18-15-27(22(29)33-18)17-11-9-16(10-12-17)6-5-7-19(24)25/h9-12,18-20H,3-4,7-8,13-15H2,1-2H3,(H,26,28)/t18?,20?,23-/m1/s1. The minimum atomic E-state index is -3.94. The first kappa shape index (κ1) is 26.8. The number of cyclic esters (lactones) is 1. The normalized spacial score (nSPS) is 22.2. The fourth-order valence-corrected chi connectivity index (χ4v) is 4.54. The molecule has 1 N–H and O–H groups in total. The van der Waals surface area contributed by atoms with Gasteiger partial charge in [0.1, 0.15) is 6.10 Å². The number of hydrogen-bond donors (Lipinski definition) is 1. The van der Waals surface area contributed by atoms with E-state index in [1.54, 1.807) is 24.3 Å². The van der Waals surface area contributed by atoms with E-state index in [4.69, 9.17) is 14.3 Å². The van der Waals surface area contributed by atoms with Crippen LogP contribution in [0.2, 0.25) is 0 Å². The summed E-state index contributed by atoms with van der Waals surface area (Å²) in [7, 11) is -3.94. The first-order valence-electron chi connectivity index (χ1n) is 11.1. The fraction of sp³-hybridized carbons (Fsp3) is 0.565. The maximum atomic E-state index is 12.9. The lowest BCUT2D eigenvalue weighted by Crippen LogP contribution is -2.53. The molecule has 35 heavy (non-hydrogen) atoms. The summed E-state index contributed by atoms with van der Waals surface area (Å²) in [6.45, 7) is 1.76. The zero-order valence-corrected chi connectivity index (χ0v) is 20.3. The molecule has 2 aliphatic rings. The molecular weight excluding hydrogens is 486 g/mol. The second-order valence-corrected chi connectivity index (χ2v) is 11.1. The van der Waals surface area contributed by atoms with Crippen molar-refractivity contribution in [2.75, 3.05) is 24.3 Å². The van der Waals surface area contributed by atoms with Gasteiger partial charge in [0.25, 0.3) is 5.91 Å². The molecule has 0 aliphatic carbocycles. The second-order valence-electron chi connectivity index (χ2n) is 8.61. The highest BCUT2D eigenvalue weighted by atomic mass is 32.2.